The lowest BCUT2D eigenvalue weighted by Crippen LogP contribution is -2.25. The van der Waals surface area contributed by atoms with E-state index in [-0.39, 0.29) is 25.0 Å². The molecule has 2 aromatic rings. The van der Waals surface area contributed by atoms with Gasteiger partial charge in [0.25, 0.3) is 0 Å². The van der Waals surface area contributed by atoms with Crippen molar-refractivity contribution >= 4 is 34.4 Å². The van der Waals surface area contributed by atoms with E-state index in [2.05, 4.69) is 15.6 Å². The summed E-state index contributed by atoms with van der Waals surface area (Å²) in [4.78, 5) is 28.0. The first-order valence-corrected chi connectivity index (χ1v) is 9.31. The summed E-state index contributed by atoms with van der Waals surface area (Å²) in [5.41, 5.74) is 1.82. The molecule has 0 aromatic heterocycles. The summed E-state index contributed by atoms with van der Waals surface area (Å²) < 4.78 is 10.7. The lowest BCUT2D eigenvalue weighted by atomic mass is 10.2. The van der Waals surface area contributed by atoms with Crippen LogP contribution in [0, 0.1) is 0 Å². The first-order valence-electron chi connectivity index (χ1n) is 8.43. The number of para-hydroxylation sites is 1. The molecule has 2 heterocycles. The largest absolute Gasteiger partial charge is 0.454 e. The van der Waals surface area contributed by atoms with Crippen molar-refractivity contribution in [3.63, 3.8) is 0 Å². The molecule has 8 heteroatoms. The third kappa shape index (κ3) is 4.22. The molecule has 138 valence electrons. The highest BCUT2D eigenvalue weighted by Crippen LogP contribution is 2.33. The number of amidine groups is 1. The number of amides is 2. The van der Waals surface area contributed by atoms with Crippen LogP contribution in [0.1, 0.15) is 12.0 Å². The van der Waals surface area contributed by atoms with E-state index in [0.717, 1.165) is 17.0 Å². The van der Waals surface area contributed by atoms with E-state index < -0.39 is 5.25 Å². The van der Waals surface area contributed by atoms with Gasteiger partial charge in [0.15, 0.2) is 16.7 Å². The first kappa shape index (κ1) is 17.4. The van der Waals surface area contributed by atoms with Crippen molar-refractivity contribution in [2.75, 3.05) is 12.1 Å². The summed E-state index contributed by atoms with van der Waals surface area (Å²) in [6.07, 6.45) is 0.156. The fourth-order valence-corrected chi connectivity index (χ4v) is 3.70. The van der Waals surface area contributed by atoms with Crippen LogP contribution in [0.2, 0.25) is 0 Å². The second-order valence-electron chi connectivity index (χ2n) is 6.02. The van der Waals surface area contributed by atoms with Crippen LogP contribution in [0.4, 0.5) is 5.69 Å². The maximum absolute atomic E-state index is 11.9. The van der Waals surface area contributed by atoms with E-state index in [0.29, 0.717) is 17.5 Å². The number of anilines is 1. The topological polar surface area (TPSA) is 89.0 Å². The highest BCUT2D eigenvalue weighted by molar-refractivity contribution is 8.15. The first-order chi connectivity index (χ1) is 13.2. The Bertz CT molecular complexity index is 901. The van der Waals surface area contributed by atoms with E-state index in [4.69, 9.17) is 9.47 Å². The zero-order valence-electron chi connectivity index (χ0n) is 14.3. The SMILES string of the molecule is O=C1C[C@H](SC(=NCc2ccc3c(c2)OCO3)Nc2ccccc2)C(=O)N1. The van der Waals surface area contributed by atoms with Gasteiger partial charge in [0.05, 0.1) is 6.54 Å². The number of ether oxygens (including phenoxy) is 2. The van der Waals surface area contributed by atoms with Crippen molar-refractivity contribution < 1.29 is 19.1 Å². The fraction of sp³-hybridized carbons (Fsp3) is 0.211. The molecule has 0 saturated carbocycles. The summed E-state index contributed by atoms with van der Waals surface area (Å²) >= 11 is 1.25. The van der Waals surface area contributed by atoms with Gasteiger partial charge in [-0.2, -0.15) is 0 Å². The van der Waals surface area contributed by atoms with Gasteiger partial charge in [-0.15, -0.1) is 0 Å². The Morgan fingerprint density at radius 3 is 2.74 bits per heavy atom. The van der Waals surface area contributed by atoms with Crippen LogP contribution in [0.5, 0.6) is 11.5 Å². The van der Waals surface area contributed by atoms with E-state index in [1.807, 2.05) is 48.5 Å². The molecule has 7 nitrogen and oxygen atoms in total. The summed E-state index contributed by atoms with van der Waals surface area (Å²) in [7, 11) is 0. The number of nitrogens with zero attached hydrogens (tertiary/aromatic N) is 1. The van der Waals surface area contributed by atoms with Crippen LogP contribution in [0.15, 0.2) is 53.5 Å². The third-order valence-corrected chi connectivity index (χ3v) is 5.17. The average Bonchev–Trinajstić information content (AvgIpc) is 3.26. The number of carbonyl (C=O) groups is 2. The van der Waals surface area contributed by atoms with Gasteiger partial charge in [-0.05, 0) is 29.8 Å². The van der Waals surface area contributed by atoms with Gasteiger partial charge in [-0.1, -0.05) is 36.0 Å². The molecule has 0 radical (unpaired) electrons. The van der Waals surface area contributed by atoms with Crippen molar-refractivity contribution in [2.24, 2.45) is 4.99 Å². The van der Waals surface area contributed by atoms with Gasteiger partial charge >= 0.3 is 0 Å². The monoisotopic (exact) mass is 383 g/mol. The second-order valence-corrected chi connectivity index (χ2v) is 7.21. The molecule has 4 rings (SSSR count). The zero-order valence-corrected chi connectivity index (χ0v) is 15.1. The van der Waals surface area contributed by atoms with Crippen molar-refractivity contribution in [1.29, 1.82) is 0 Å². The molecule has 2 aliphatic heterocycles. The lowest BCUT2D eigenvalue weighted by Gasteiger charge is -2.12. The molecular formula is C19H17N3O4S. The molecule has 1 saturated heterocycles. The Labute approximate surface area is 160 Å². The molecule has 0 spiro atoms. The Kier molecular flexibility index (Phi) is 4.97. The highest BCUT2D eigenvalue weighted by atomic mass is 32.2. The lowest BCUT2D eigenvalue weighted by molar-refractivity contribution is -0.124. The van der Waals surface area contributed by atoms with Crippen LogP contribution >= 0.6 is 11.8 Å². The predicted octanol–water partition coefficient (Wildman–Crippen LogP) is 2.53. The third-order valence-electron chi connectivity index (χ3n) is 4.05. The number of imide groups is 1. The maximum atomic E-state index is 11.9. The van der Waals surface area contributed by atoms with E-state index in [9.17, 15) is 9.59 Å². The number of benzene rings is 2. The maximum Gasteiger partial charge on any atom is 0.240 e. The number of hydrogen-bond acceptors (Lipinski definition) is 6. The zero-order chi connectivity index (χ0) is 18.6. The Morgan fingerprint density at radius 2 is 1.96 bits per heavy atom. The molecule has 2 N–H and O–H groups in total. The summed E-state index contributed by atoms with van der Waals surface area (Å²) in [6, 6.07) is 15.2. The molecule has 2 amide bonds. The van der Waals surface area contributed by atoms with Crippen LogP contribution < -0.4 is 20.1 Å². The Balaban J connectivity index is 1.52. The molecule has 1 fully saturated rings. The van der Waals surface area contributed by atoms with Crippen LogP contribution in [0.3, 0.4) is 0 Å². The molecular weight excluding hydrogens is 366 g/mol. The number of hydrogen-bond donors (Lipinski definition) is 2. The van der Waals surface area contributed by atoms with Crippen LogP contribution in [-0.4, -0.2) is 29.0 Å². The normalized spacial score (nSPS) is 18.5. The second kappa shape index (κ2) is 7.71. The van der Waals surface area contributed by atoms with E-state index >= 15 is 0 Å². The van der Waals surface area contributed by atoms with E-state index in [1.165, 1.54) is 11.8 Å². The molecule has 0 aliphatic carbocycles. The predicted molar refractivity (Wildman–Crippen MR) is 103 cm³/mol. The number of fused-ring (bicyclic) bond motifs is 1. The van der Waals surface area contributed by atoms with E-state index in [1.54, 1.807) is 0 Å². The van der Waals surface area contributed by atoms with Crippen molar-refractivity contribution in [2.45, 2.75) is 18.2 Å². The summed E-state index contributed by atoms with van der Waals surface area (Å²) in [5.74, 6) is 0.887. The number of nitrogens with one attached hydrogen (secondary N) is 2. The molecule has 2 aromatic carbocycles. The molecule has 2 aliphatic rings. The number of rotatable bonds is 4. The van der Waals surface area contributed by atoms with Crippen LogP contribution in [-0.2, 0) is 16.1 Å². The summed E-state index contributed by atoms with van der Waals surface area (Å²) in [6.45, 7) is 0.630. The van der Waals surface area contributed by atoms with Gasteiger partial charge < -0.3 is 14.8 Å². The van der Waals surface area contributed by atoms with Gasteiger partial charge in [-0.3, -0.25) is 19.9 Å². The number of carbonyl (C=O) groups excluding carboxylic acids is 2. The Hall–Kier alpha value is -3.00. The highest BCUT2D eigenvalue weighted by Gasteiger charge is 2.32. The standard InChI is InChI=1S/C19H17N3O4S/c23-17-9-16(18(24)22-17)27-19(21-13-4-2-1-3-5-13)20-10-12-6-7-14-15(8-12)26-11-25-14/h1-8,16H,9-11H2,(H,20,21)(H,22,23,24)/t16-/m0/s1. The van der Waals surface area contributed by atoms with Gasteiger partial charge in [0, 0.05) is 12.1 Å². The molecule has 0 unspecified atom stereocenters. The van der Waals surface area contributed by atoms with Gasteiger partial charge in [0.2, 0.25) is 18.6 Å². The minimum absolute atomic E-state index is 0.156. The molecule has 1 atom stereocenters. The minimum atomic E-state index is -0.482. The van der Waals surface area contributed by atoms with Crippen molar-refractivity contribution in [1.82, 2.24) is 5.32 Å². The fourth-order valence-electron chi connectivity index (χ4n) is 2.71. The molecule has 0 bridgehead atoms. The smallest absolute Gasteiger partial charge is 0.240 e. The van der Waals surface area contributed by atoms with Crippen LogP contribution in [0.25, 0.3) is 0 Å². The average molecular weight is 383 g/mol. The van der Waals surface area contributed by atoms with Gasteiger partial charge in [0.1, 0.15) is 5.25 Å². The quantitative estimate of drug-likeness (QED) is 0.479. The minimum Gasteiger partial charge on any atom is -0.454 e. The Morgan fingerprint density at radius 1 is 1.15 bits per heavy atom. The van der Waals surface area contributed by atoms with Crippen molar-refractivity contribution in [3.8, 4) is 11.5 Å². The summed E-state index contributed by atoms with van der Waals surface area (Å²) in [5, 5.41) is 5.65. The number of aliphatic imine (C=N–C) groups is 1. The number of thioether (sulfide) groups is 1. The molecule has 27 heavy (non-hydrogen) atoms. The van der Waals surface area contributed by atoms with Gasteiger partial charge in [-0.25, -0.2) is 0 Å². The van der Waals surface area contributed by atoms with Crippen molar-refractivity contribution in [3.05, 3.63) is 54.1 Å².